The summed E-state index contributed by atoms with van der Waals surface area (Å²) < 4.78 is 0. The molecule has 0 aliphatic rings. The van der Waals surface area contributed by atoms with Crippen LogP contribution in [0, 0.1) is 6.92 Å². The van der Waals surface area contributed by atoms with Gasteiger partial charge in [0.1, 0.15) is 0 Å². The molecule has 96 valence electrons. The predicted molar refractivity (Wildman–Crippen MR) is 80.0 cm³/mol. The number of hydrogen-bond donors (Lipinski definition) is 2. The zero-order valence-electron chi connectivity index (χ0n) is 10.9. The Balaban J connectivity index is 2.50. The van der Waals surface area contributed by atoms with Crippen molar-refractivity contribution in [2.75, 3.05) is 6.54 Å². The summed E-state index contributed by atoms with van der Waals surface area (Å²) in [4.78, 5) is 4.70. The Labute approximate surface area is 112 Å². The van der Waals surface area contributed by atoms with Gasteiger partial charge >= 0.3 is 0 Å². The lowest BCUT2D eigenvalue weighted by molar-refractivity contribution is 0.748. The van der Waals surface area contributed by atoms with Crippen LogP contribution in [0.4, 0.5) is 0 Å². The minimum Gasteiger partial charge on any atom is -0.329 e. The summed E-state index contributed by atoms with van der Waals surface area (Å²) in [7, 11) is 0. The topological polar surface area (TPSA) is 64.9 Å². The highest BCUT2D eigenvalue weighted by Gasteiger charge is 2.14. The van der Waals surface area contributed by atoms with Crippen LogP contribution in [0.25, 0.3) is 21.8 Å². The Bertz CT molecular complexity index is 749. The molecular formula is C16H17N3. The minimum atomic E-state index is -0.169. The Morgan fingerprint density at radius 1 is 1.05 bits per heavy atom. The molecule has 3 rings (SSSR count). The van der Waals surface area contributed by atoms with E-state index >= 15 is 0 Å². The van der Waals surface area contributed by atoms with Gasteiger partial charge in [-0.25, -0.2) is 4.98 Å². The molecule has 2 aromatic carbocycles. The molecule has 0 amide bonds. The third-order valence-electron chi connectivity index (χ3n) is 3.50. The highest BCUT2D eigenvalue weighted by molar-refractivity contribution is 5.98. The van der Waals surface area contributed by atoms with E-state index in [9.17, 15) is 0 Å². The summed E-state index contributed by atoms with van der Waals surface area (Å²) in [6.45, 7) is 2.50. The van der Waals surface area contributed by atoms with Crippen molar-refractivity contribution in [1.29, 1.82) is 0 Å². The molecule has 0 aliphatic heterocycles. The van der Waals surface area contributed by atoms with E-state index in [1.165, 1.54) is 5.56 Å². The van der Waals surface area contributed by atoms with Gasteiger partial charge in [0.2, 0.25) is 0 Å². The van der Waals surface area contributed by atoms with Crippen LogP contribution in [0.3, 0.4) is 0 Å². The van der Waals surface area contributed by atoms with Gasteiger partial charge in [-0.2, -0.15) is 0 Å². The van der Waals surface area contributed by atoms with Crippen LogP contribution < -0.4 is 11.5 Å². The average molecular weight is 251 g/mol. The molecule has 3 aromatic rings. The van der Waals surface area contributed by atoms with Crippen molar-refractivity contribution < 1.29 is 0 Å². The standard InChI is InChI=1S/C16H17N3/c1-10-6-7-15-12(8-10)16(13(18)9-17)11-4-2-3-5-14(11)19-15/h2-8,13H,9,17-18H2,1H3. The third-order valence-corrected chi connectivity index (χ3v) is 3.50. The fraction of sp³-hybridized carbons (Fsp3) is 0.188. The second-order valence-electron chi connectivity index (χ2n) is 4.91. The maximum Gasteiger partial charge on any atom is 0.0713 e. The first-order valence-electron chi connectivity index (χ1n) is 6.45. The van der Waals surface area contributed by atoms with E-state index in [0.29, 0.717) is 6.54 Å². The summed E-state index contributed by atoms with van der Waals surface area (Å²) in [6.07, 6.45) is 0. The molecule has 19 heavy (non-hydrogen) atoms. The van der Waals surface area contributed by atoms with E-state index < -0.39 is 0 Å². The number of fused-ring (bicyclic) bond motifs is 2. The largest absolute Gasteiger partial charge is 0.329 e. The number of hydrogen-bond acceptors (Lipinski definition) is 3. The van der Waals surface area contributed by atoms with Gasteiger partial charge in [-0.1, -0.05) is 29.8 Å². The maximum atomic E-state index is 6.22. The molecule has 0 bridgehead atoms. The minimum absolute atomic E-state index is 0.169. The molecule has 4 N–H and O–H groups in total. The number of aryl methyl sites for hydroxylation is 1. The van der Waals surface area contributed by atoms with Crippen molar-refractivity contribution in [2.45, 2.75) is 13.0 Å². The summed E-state index contributed by atoms with van der Waals surface area (Å²) in [5.74, 6) is 0. The van der Waals surface area contributed by atoms with E-state index in [2.05, 4.69) is 25.1 Å². The molecule has 3 nitrogen and oxygen atoms in total. The van der Waals surface area contributed by atoms with Crippen LogP contribution in [0.5, 0.6) is 0 Å². The van der Waals surface area contributed by atoms with Crippen LogP contribution in [0.2, 0.25) is 0 Å². The van der Waals surface area contributed by atoms with Gasteiger partial charge in [-0.15, -0.1) is 0 Å². The monoisotopic (exact) mass is 251 g/mol. The summed E-state index contributed by atoms with van der Waals surface area (Å²) in [6, 6.07) is 14.2. The molecule has 1 aromatic heterocycles. The lowest BCUT2D eigenvalue weighted by atomic mass is 9.96. The molecule has 3 heteroatoms. The zero-order valence-corrected chi connectivity index (χ0v) is 10.9. The van der Waals surface area contributed by atoms with Crippen molar-refractivity contribution in [3.05, 3.63) is 53.6 Å². The Kier molecular flexibility index (Phi) is 2.93. The number of nitrogens with two attached hydrogens (primary N) is 2. The zero-order chi connectivity index (χ0) is 13.4. The SMILES string of the molecule is Cc1ccc2nc3ccccc3c(C(N)CN)c2c1. The third kappa shape index (κ3) is 1.97. The van der Waals surface area contributed by atoms with Crippen molar-refractivity contribution in [1.82, 2.24) is 4.98 Å². The number of para-hydroxylation sites is 1. The normalized spacial score (nSPS) is 13.0. The van der Waals surface area contributed by atoms with Crippen molar-refractivity contribution in [2.24, 2.45) is 11.5 Å². The van der Waals surface area contributed by atoms with E-state index in [4.69, 9.17) is 16.5 Å². The van der Waals surface area contributed by atoms with E-state index in [0.717, 1.165) is 27.4 Å². The number of nitrogens with zero attached hydrogens (tertiary/aromatic N) is 1. The van der Waals surface area contributed by atoms with E-state index in [-0.39, 0.29) is 6.04 Å². The fourth-order valence-corrected chi connectivity index (χ4v) is 2.55. The van der Waals surface area contributed by atoms with Gasteiger partial charge in [0.05, 0.1) is 11.0 Å². The molecule has 1 atom stereocenters. The second-order valence-corrected chi connectivity index (χ2v) is 4.91. The molecular weight excluding hydrogens is 234 g/mol. The second kappa shape index (κ2) is 4.61. The number of aromatic nitrogens is 1. The Morgan fingerprint density at radius 2 is 1.79 bits per heavy atom. The van der Waals surface area contributed by atoms with Crippen LogP contribution in [0.1, 0.15) is 17.2 Å². The summed E-state index contributed by atoms with van der Waals surface area (Å²) in [5.41, 5.74) is 16.3. The maximum absolute atomic E-state index is 6.22. The highest BCUT2D eigenvalue weighted by atomic mass is 14.7. The van der Waals surface area contributed by atoms with Crippen molar-refractivity contribution in [3.8, 4) is 0 Å². The van der Waals surface area contributed by atoms with Crippen LogP contribution in [-0.2, 0) is 0 Å². The molecule has 0 saturated carbocycles. The lowest BCUT2D eigenvalue weighted by Gasteiger charge is -2.16. The Hall–Kier alpha value is -1.97. The molecule has 0 aliphatic carbocycles. The number of benzene rings is 2. The molecule has 0 spiro atoms. The molecule has 0 saturated heterocycles. The van der Waals surface area contributed by atoms with E-state index in [1.807, 2.05) is 24.3 Å². The number of pyridine rings is 1. The first kappa shape index (κ1) is 12.1. The van der Waals surface area contributed by atoms with Gasteiger partial charge < -0.3 is 11.5 Å². The molecule has 0 radical (unpaired) electrons. The van der Waals surface area contributed by atoms with Crippen LogP contribution in [-0.4, -0.2) is 11.5 Å². The van der Waals surface area contributed by atoms with Gasteiger partial charge in [0.25, 0.3) is 0 Å². The lowest BCUT2D eigenvalue weighted by Crippen LogP contribution is -2.21. The molecule has 1 unspecified atom stereocenters. The van der Waals surface area contributed by atoms with E-state index in [1.54, 1.807) is 0 Å². The highest BCUT2D eigenvalue weighted by Crippen LogP contribution is 2.30. The Morgan fingerprint density at radius 3 is 2.58 bits per heavy atom. The first-order valence-corrected chi connectivity index (χ1v) is 6.45. The number of rotatable bonds is 2. The average Bonchev–Trinajstić information content (AvgIpc) is 2.44. The summed E-state index contributed by atoms with van der Waals surface area (Å²) >= 11 is 0. The predicted octanol–water partition coefficient (Wildman–Crippen LogP) is 2.65. The van der Waals surface area contributed by atoms with Gasteiger partial charge in [-0.3, -0.25) is 0 Å². The smallest absolute Gasteiger partial charge is 0.0713 e. The van der Waals surface area contributed by atoms with Crippen molar-refractivity contribution >= 4 is 21.8 Å². The van der Waals surface area contributed by atoms with Gasteiger partial charge in [-0.05, 0) is 30.7 Å². The van der Waals surface area contributed by atoms with Crippen LogP contribution in [0.15, 0.2) is 42.5 Å². The van der Waals surface area contributed by atoms with Gasteiger partial charge in [0, 0.05) is 23.4 Å². The van der Waals surface area contributed by atoms with Crippen molar-refractivity contribution in [3.63, 3.8) is 0 Å². The summed E-state index contributed by atoms with van der Waals surface area (Å²) in [5, 5.41) is 2.20. The quantitative estimate of drug-likeness (QED) is 0.688. The first-order chi connectivity index (χ1) is 9.20. The molecule has 1 heterocycles. The van der Waals surface area contributed by atoms with Crippen LogP contribution >= 0.6 is 0 Å². The van der Waals surface area contributed by atoms with Gasteiger partial charge in [0.15, 0.2) is 0 Å². The fourth-order valence-electron chi connectivity index (χ4n) is 2.55. The molecule has 0 fully saturated rings.